The third-order valence-electron chi connectivity index (χ3n) is 1.94. The molecule has 0 saturated carbocycles. The van der Waals surface area contributed by atoms with Gasteiger partial charge in [0, 0.05) is 13.6 Å². The molecule has 0 atom stereocenters. The topological polar surface area (TPSA) is 70.6 Å². The van der Waals surface area contributed by atoms with E-state index in [0.717, 1.165) is 6.42 Å². The molecular weight excluding hydrogens is 208 g/mol. The van der Waals surface area contributed by atoms with Gasteiger partial charge in [0.1, 0.15) is 11.5 Å². The van der Waals surface area contributed by atoms with Gasteiger partial charge in [-0.25, -0.2) is 4.79 Å². The lowest BCUT2D eigenvalue weighted by atomic mass is 10.3. The van der Waals surface area contributed by atoms with Gasteiger partial charge in [-0.1, -0.05) is 0 Å². The molecule has 0 radical (unpaired) electrons. The quantitative estimate of drug-likeness (QED) is 0.656. The van der Waals surface area contributed by atoms with Crippen LogP contribution in [0.15, 0.2) is 24.3 Å². The molecule has 3 N–H and O–H groups in total. The molecule has 5 nitrogen and oxygen atoms in total. The number of phenolic OH excluding ortho intramolecular Hbond substituents is 1. The van der Waals surface area contributed by atoms with Gasteiger partial charge >= 0.3 is 6.03 Å². The first-order valence-electron chi connectivity index (χ1n) is 5.10. The number of carbonyl (C=O) groups is 1. The van der Waals surface area contributed by atoms with Crippen molar-refractivity contribution >= 4 is 6.03 Å². The van der Waals surface area contributed by atoms with Crippen LogP contribution in [0.1, 0.15) is 6.42 Å². The number of benzene rings is 1. The average Bonchev–Trinajstić information content (AvgIpc) is 2.31. The fourth-order valence-corrected chi connectivity index (χ4v) is 1.09. The van der Waals surface area contributed by atoms with Crippen molar-refractivity contribution in [1.82, 2.24) is 10.6 Å². The molecule has 0 aliphatic rings. The summed E-state index contributed by atoms with van der Waals surface area (Å²) >= 11 is 0. The van der Waals surface area contributed by atoms with Gasteiger partial charge in [0.15, 0.2) is 0 Å². The van der Waals surface area contributed by atoms with Crippen molar-refractivity contribution in [2.24, 2.45) is 0 Å². The van der Waals surface area contributed by atoms with E-state index in [4.69, 9.17) is 9.84 Å². The van der Waals surface area contributed by atoms with E-state index in [1.54, 1.807) is 31.3 Å². The molecule has 5 heteroatoms. The van der Waals surface area contributed by atoms with E-state index in [0.29, 0.717) is 18.9 Å². The summed E-state index contributed by atoms with van der Waals surface area (Å²) in [5.74, 6) is 0.923. The fourth-order valence-electron chi connectivity index (χ4n) is 1.09. The Bertz CT molecular complexity index is 325. The van der Waals surface area contributed by atoms with Gasteiger partial charge in [-0.05, 0) is 30.7 Å². The number of carbonyl (C=O) groups excluding carboxylic acids is 1. The Hall–Kier alpha value is -1.91. The number of ether oxygens (including phenoxy) is 1. The van der Waals surface area contributed by atoms with Crippen LogP contribution in [0.4, 0.5) is 4.79 Å². The first kappa shape index (κ1) is 12.2. The summed E-state index contributed by atoms with van der Waals surface area (Å²) in [5, 5.41) is 14.2. The van der Waals surface area contributed by atoms with Crippen LogP contribution in [-0.2, 0) is 0 Å². The first-order chi connectivity index (χ1) is 7.72. The highest BCUT2D eigenvalue weighted by Gasteiger charge is 1.96. The van der Waals surface area contributed by atoms with E-state index in [9.17, 15) is 4.79 Å². The molecule has 1 aromatic rings. The number of amides is 2. The molecule has 1 aromatic carbocycles. The maximum Gasteiger partial charge on any atom is 0.314 e. The smallest absolute Gasteiger partial charge is 0.314 e. The molecule has 2 amide bonds. The number of aromatic hydroxyl groups is 1. The molecule has 16 heavy (non-hydrogen) atoms. The van der Waals surface area contributed by atoms with Gasteiger partial charge < -0.3 is 20.5 Å². The summed E-state index contributed by atoms with van der Waals surface area (Å²) in [4.78, 5) is 10.8. The minimum absolute atomic E-state index is 0.190. The van der Waals surface area contributed by atoms with E-state index in [1.807, 2.05) is 0 Å². The molecule has 0 bridgehead atoms. The Kier molecular flexibility index (Phi) is 4.98. The fraction of sp³-hybridized carbons (Fsp3) is 0.364. The van der Waals surface area contributed by atoms with Crippen LogP contribution in [0.5, 0.6) is 11.5 Å². The van der Waals surface area contributed by atoms with Crippen molar-refractivity contribution in [2.75, 3.05) is 20.2 Å². The van der Waals surface area contributed by atoms with E-state index in [1.165, 1.54) is 0 Å². The molecular formula is C11H16N2O3. The summed E-state index contributed by atoms with van der Waals surface area (Å²) in [5.41, 5.74) is 0. The van der Waals surface area contributed by atoms with Crippen molar-refractivity contribution < 1.29 is 14.6 Å². The lowest BCUT2D eigenvalue weighted by Crippen LogP contribution is -2.33. The zero-order valence-electron chi connectivity index (χ0n) is 9.19. The van der Waals surface area contributed by atoms with Crippen molar-refractivity contribution in [1.29, 1.82) is 0 Å². The van der Waals surface area contributed by atoms with Crippen LogP contribution in [-0.4, -0.2) is 31.3 Å². The minimum atomic E-state index is -0.190. The molecule has 0 aliphatic carbocycles. The normalized spacial score (nSPS) is 9.56. The molecule has 0 unspecified atom stereocenters. The lowest BCUT2D eigenvalue weighted by molar-refractivity contribution is 0.241. The lowest BCUT2D eigenvalue weighted by Gasteiger charge is -2.07. The third-order valence-corrected chi connectivity index (χ3v) is 1.94. The largest absolute Gasteiger partial charge is 0.508 e. The summed E-state index contributed by atoms with van der Waals surface area (Å²) < 4.78 is 5.39. The minimum Gasteiger partial charge on any atom is -0.508 e. The molecule has 1 rings (SSSR count). The number of urea groups is 1. The summed E-state index contributed by atoms with van der Waals surface area (Å²) in [7, 11) is 1.57. The van der Waals surface area contributed by atoms with Gasteiger partial charge in [0.25, 0.3) is 0 Å². The first-order valence-corrected chi connectivity index (χ1v) is 5.10. The zero-order chi connectivity index (χ0) is 11.8. The third kappa shape index (κ3) is 4.54. The number of nitrogens with one attached hydrogen (secondary N) is 2. The van der Waals surface area contributed by atoms with Crippen LogP contribution >= 0.6 is 0 Å². The van der Waals surface area contributed by atoms with Crippen LogP contribution in [0.25, 0.3) is 0 Å². The summed E-state index contributed by atoms with van der Waals surface area (Å²) in [6.07, 6.45) is 0.730. The molecule has 0 aliphatic heterocycles. The second-order valence-corrected chi connectivity index (χ2v) is 3.20. The molecule has 0 saturated heterocycles. The number of hydrogen-bond acceptors (Lipinski definition) is 3. The summed E-state index contributed by atoms with van der Waals surface area (Å²) in [6, 6.07) is 6.34. The monoisotopic (exact) mass is 224 g/mol. The molecule has 0 heterocycles. The van der Waals surface area contributed by atoms with Crippen molar-refractivity contribution in [2.45, 2.75) is 6.42 Å². The number of rotatable bonds is 5. The van der Waals surface area contributed by atoms with Crippen molar-refractivity contribution in [3.05, 3.63) is 24.3 Å². The van der Waals surface area contributed by atoms with Gasteiger partial charge in [0.05, 0.1) is 6.61 Å². The van der Waals surface area contributed by atoms with Crippen molar-refractivity contribution in [3.63, 3.8) is 0 Å². The Labute approximate surface area is 94.4 Å². The van der Waals surface area contributed by atoms with Crippen LogP contribution < -0.4 is 15.4 Å². The SMILES string of the molecule is CNC(=O)NCCCOc1ccc(O)cc1. The number of hydrogen-bond donors (Lipinski definition) is 3. The standard InChI is InChI=1S/C11H16N2O3/c1-12-11(15)13-7-2-8-16-10-5-3-9(14)4-6-10/h3-6,14H,2,7-8H2,1H3,(H2,12,13,15). The van der Waals surface area contributed by atoms with Crippen LogP contribution in [0.3, 0.4) is 0 Å². The Balaban J connectivity index is 2.11. The van der Waals surface area contributed by atoms with E-state index >= 15 is 0 Å². The number of phenols is 1. The van der Waals surface area contributed by atoms with E-state index in [-0.39, 0.29) is 11.8 Å². The van der Waals surface area contributed by atoms with E-state index in [2.05, 4.69) is 10.6 Å². The maximum absolute atomic E-state index is 10.8. The van der Waals surface area contributed by atoms with Gasteiger partial charge in [-0.3, -0.25) is 0 Å². The van der Waals surface area contributed by atoms with Gasteiger partial charge in [0.2, 0.25) is 0 Å². The molecule has 0 aromatic heterocycles. The van der Waals surface area contributed by atoms with Gasteiger partial charge in [-0.2, -0.15) is 0 Å². The highest BCUT2D eigenvalue weighted by Crippen LogP contribution is 2.15. The second-order valence-electron chi connectivity index (χ2n) is 3.20. The highest BCUT2D eigenvalue weighted by atomic mass is 16.5. The molecule has 88 valence electrons. The Morgan fingerprint density at radius 2 is 2.06 bits per heavy atom. The second kappa shape index (κ2) is 6.55. The Morgan fingerprint density at radius 3 is 2.69 bits per heavy atom. The van der Waals surface area contributed by atoms with Crippen molar-refractivity contribution in [3.8, 4) is 11.5 Å². The molecule has 0 fully saturated rings. The van der Waals surface area contributed by atoms with Gasteiger partial charge in [-0.15, -0.1) is 0 Å². The summed E-state index contributed by atoms with van der Waals surface area (Å²) in [6.45, 7) is 1.09. The van der Waals surface area contributed by atoms with Crippen LogP contribution in [0.2, 0.25) is 0 Å². The maximum atomic E-state index is 10.8. The molecule has 0 spiro atoms. The van der Waals surface area contributed by atoms with E-state index < -0.39 is 0 Å². The Morgan fingerprint density at radius 1 is 1.38 bits per heavy atom. The van der Waals surface area contributed by atoms with Crippen LogP contribution in [0, 0.1) is 0 Å². The highest BCUT2D eigenvalue weighted by molar-refractivity contribution is 5.73. The zero-order valence-corrected chi connectivity index (χ0v) is 9.19. The predicted octanol–water partition coefficient (Wildman–Crippen LogP) is 1.09. The predicted molar refractivity (Wildman–Crippen MR) is 60.7 cm³/mol. The average molecular weight is 224 g/mol.